The van der Waals surface area contributed by atoms with Gasteiger partial charge in [-0.05, 0) is 51.9 Å². The zero-order valence-electron chi connectivity index (χ0n) is 15.5. The molecule has 0 amide bonds. The van der Waals surface area contributed by atoms with Crippen LogP contribution in [0.1, 0.15) is 43.7 Å². The second-order valence-electron chi connectivity index (χ2n) is 7.00. The molecule has 130 valence electrons. The fourth-order valence-corrected chi connectivity index (χ4v) is 3.22. The second-order valence-corrected chi connectivity index (χ2v) is 7.00. The largest absolute Gasteiger partial charge is 0.497 e. The van der Waals surface area contributed by atoms with Gasteiger partial charge in [0.25, 0.3) is 0 Å². The van der Waals surface area contributed by atoms with Gasteiger partial charge < -0.3 is 10.1 Å². The van der Waals surface area contributed by atoms with Crippen LogP contribution in [0.15, 0.2) is 60.7 Å². The van der Waals surface area contributed by atoms with E-state index in [0.29, 0.717) is 11.8 Å². The van der Waals surface area contributed by atoms with Crippen molar-refractivity contribution in [1.82, 2.24) is 0 Å². The molecule has 0 heterocycles. The summed E-state index contributed by atoms with van der Waals surface area (Å²) in [6, 6.07) is 21.5. The Kier molecular flexibility index (Phi) is 5.28. The summed E-state index contributed by atoms with van der Waals surface area (Å²) in [6.07, 6.45) is 0. The lowest BCUT2D eigenvalue weighted by molar-refractivity contribution is 0.415. The highest BCUT2D eigenvalue weighted by atomic mass is 16.5. The van der Waals surface area contributed by atoms with E-state index in [1.807, 2.05) is 6.07 Å². The monoisotopic (exact) mass is 333 g/mol. The Bertz CT molecular complexity index is 854. The molecule has 25 heavy (non-hydrogen) atoms. The lowest BCUT2D eigenvalue weighted by Gasteiger charge is -2.18. The van der Waals surface area contributed by atoms with Gasteiger partial charge in [-0.15, -0.1) is 0 Å². The van der Waals surface area contributed by atoms with Crippen molar-refractivity contribution >= 4 is 16.5 Å². The molecular weight excluding hydrogens is 306 g/mol. The van der Waals surface area contributed by atoms with E-state index in [2.05, 4.69) is 80.7 Å². The summed E-state index contributed by atoms with van der Waals surface area (Å²) in [5, 5.41) is 6.11. The number of para-hydroxylation sites is 1. The van der Waals surface area contributed by atoms with Crippen LogP contribution >= 0.6 is 0 Å². The van der Waals surface area contributed by atoms with E-state index in [1.165, 1.54) is 27.6 Å². The third-order valence-corrected chi connectivity index (χ3v) is 4.82. The van der Waals surface area contributed by atoms with Crippen molar-refractivity contribution in [2.24, 2.45) is 0 Å². The minimum Gasteiger partial charge on any atom is -0.497 e. The van der Waals surface area contributed by atoms with E-state index < -0.39 is 0 Å². The highest BCUT2D eigenvalue weighted by molar-refractivity contribution is 5.84. The van der Waals surface area contributed by atoms with Gasteiger partial charge in [-0.25, -0.2) is 0 Å². The third-order valence-electron chi connectivity index (χ3n) is 4.82. The Morgan fingerprint density at radius 2 is 1.60 bits per heavy atom. The molecule has 0 radical (unpaired) electrons. The van der Waals surface area contributed by atoms with Gasteiger partial charge in [0.1, 0.15) is 5.75 Å². The van der Waals surface area contributed by atoms with Gasteiger partial charge in [0.2, 0.25) is 0 Å². The maximum absolute atomic E-state index is 5.31. The first-order valence-corrected chi connectivity index (χ1v) is 8.99. The Balaban J connectivity index is 1.75. The van der Waals surface area contributed by atoms with E-state index in [-0.39, 0.29) is 0 Å². The minimum absolute atomic E-state index is 0.437. The van der Waals surface area contributed by atoms with Crippen LogP contribution in [0.4, 0.5) is 5.69 Å². The maximum atomic E-state index is 5.31. The molecule has 0 aromatic heterocycles. The fraction of sp³-hybridized carbons (Fsp3) is 0.304. The highest BCUT2D eigenvalue weighted by Gasteiger charge is 2.10. The van der Waals surface area contributed by atoms with Crippen molar-refractivity contribution in [3.8, 4) is 5.75 Å². The van der Waals surface area contributed by atoms with Crippen LogP contribution in [0.3, 0.4) is 0 Å². The third kappa shape index (κ3) is 3.96. The molecule has 3 rings (SSSR count). The molecule has 2 heteroatoms. The summed E-state index contributed by atoms with van der Waals surface area (Å²) in [4.78, 5) is 0. The second kappa shape index (κ2) is 7.60. The molecule has 3 aromatic carbocycles. The Morgan fingerprint density at radius 1 is 0.880 bits per heavy atom. The smallest absolute Gasteiger partial charge is 0.119 e. The number of anilines is 1. The van der Waals surface area contributed by atoms with E-state index in [4.69, 9.17) is 4.74 Å². The summed E-state index contributed by atoms with van der Waals surface area (Å²) in [5.74, 6) is 1.86. The fourth-order valence-electron chi connectivity index (χ4n) is 3.22. The normalized spacial score (nSPS) is 12.4. The van der Waals surface area contributed by atoms with Crippen LogP contribution in [-0.2, 0) is 0 Å². The summed E-state index contributed by atoms with van der Waals surface area (Å²) in [7, 11) is 1.71. The highest BCUT2D eigenvalue weighted by Crippen LogP contribution is 2.27. The van der Waals surface area contributed by atoms with Crippen LogP contribution in [0.25, 0.3) is 10.8 Å². The number of hydrogen-bond donors (Lipinski definition) is 1. The van der Waals surface area contributed by atoms with Gasteiger partial charge in [-0.2, -0.15) is 0 Å². The first-order valence-electron chi connectivity index (χ1n) is 8.99. The van der Waals surface area contributed by atoms with E-state index >= 15 is 0 Å². The minimum atomic E-state index is 0.437. The number of ether oxygens (including phenoxy) is 1. The van der Waals surface area contributed by atoms with E-state index in [9.17, 15) is 0 Å². The molecule has 0 saturated heterocycles. The van der Waals surface area contributed by atoms with Crippen molar-refractivity contribution < 1.29 is 4.74 Å². The molecule has 0 bridgehead atoms. The van der Waals surface area contributed by atoms with Gasteiger partial charge in [0, 0.05) is 12.2 Å². The van der Waals surface area contributed by atoms with Crippen molar-refractivity contribution in [1.29, 1.82) is 0 Å². The van der Waals surface area contributed by atoms with Crippen molar-refractivity contribution in [2.75, 3.05) is 19.0 Å². The lowest BCUT2D eigenvalue weighted by atomic mass is 9.96. The molecule has 0 fully saturated rings. The van der Waals surface area contributed by atoms with Crippen molar-refractivity contribution in [3.63, 3.8) is 0 Å². The van der Waals surface area contributed by atoms with E-state index in [0.717, 1.165) is 12.3 Å². The Labute approximate surface area is 150 Å². The molecule has 0 saturated carbocycles. The molecule has 1 unspecified atom stereocenters. The number of hydrogen-bond acceptors (Lipinski definition) is 2. The van der Waals surface area contributed by atoms with Crippen LogP contribution in [-0.4, -0.2) is 13.7 Å². The topological polar surface area (TPSA) is 21.3 Å². The number of nitrogens with one attached hydrogen (secondary N) is 1. The number of rotatable bonds is 6. The summed E-state index contributed by atoms with van der Waals surface area (Å²) in [6.45, 7) is 7.67. The molecule has 1 N–H and O–H groups in total. The molecule has 0 aliphatic heterocycles. The maximum Gasteiger partial charge on any atom is 0.119 e. The van der Waals surface area contributed by atoms with Crippen molar-refractivity contribution in [2.45, 2.75) is 32.6 Å². The molecule has 0 aliphatic carbocycles. The zero-order valence-corrected chi connectivity index (χ0v) is 15.5. The quantitative estimate of drug-likeness (QED) is 0.581. The summed E-state index contributed by atoms with van der Waals surface area (Å²) < 4.78 is 5.31. The van der Waals surface area contributed by atoms with E-state index in [1.54, 1.807) is 7.11 Å². The Morgan fingerprint density at radius 3 is 2.36 bits per heavy atom. The predicted octanol–water partition coefficient (Wildman–Crippen LogP) is 6.19. The summed E-state index contributed by atoms with van der Waals surface area (Å²) >= 11 is 0. The van der Waals surface area contributed by atoms with Crippen LogP contribution in [0.2, 0.25) is 0 Å². The molecule has 2 nitrogen and oxygen atoms in total. The van der Waals surface area contributed by atoms with Gasteiger partial charge in [0.15, 0.2) is 0 Å². The van der Waals surface area contributed by atoms with Gasteiger partial charge in [-0.3, -0.25) is 0 Å². The predicted molar refractivity (Wildman–Crippen MR) is 108 cm³/mol. The average molecular weight is 333 g/mol. The SMILES string of the molecule is COc1ccc2cc(C(C)CNc3ccccc3C(C)C)ccc2c1. The standard InChI is InChI=1S/C23H27NO/c1-16(2)22-7-5-6-8-23(22)24-15-17(3)18-9-10-20-14-21(25-4)12-11-19(20)13-18/h5-14,16-17,24H,15H2,1-4H3. The van der Waals surface area contributed by atoms with Crippen molar-refractivity contribution in [3.05, 3.63) is 71.8 Å². The number of benzene rings is 3. The summed E-state index contributed by atoms with van der Waals surface area (Å²) in [5.41, 5.74) is 3.97. The first kappa shape index (κ1) is 17.3. The zero-order chi connectivity index (χ0) is 17.8. The number of fused-ring (bicyclic) bond motifs is 1. The molecule has 0 aliphatic rings. The number of methoxy groups -OCH3 is 1. The molecule has 3 aromatic rings. The Hall–Kier alpha value is -2.48. The average Bonchev–Trinajstić information content (AvgIpc) is 2.65. The molecule has 1 atom stereocenters. The molecular formula is C23H27NO. The van der Waals surface area contributed by atoms with Crippen LogP contribution in [0, 0.1) is 0 Å². The van der Waals surface area contributed by atoms with Crippen LogP contribution in [0.5, 0.6) is 5.75 Å². The lowest BCUT2D eigenvalue weighted by Crippen LogP contribution is -2.11. The van der Waals surface area contributed by atoms with Gasteiger partial charge in [-0.1, -0.05) is 63.2 Å². The molecule has 0 spiro atoms. The van der Waals surface area contributed by atoms with Crippen LogP contribution < -0.4 is 10.1 Å². The van der Waals surface area contributed by atoms with Gasteiger partial charge in [0.05, 0.1) is 7.11 Å². The first-order chi connectivity index (χ1) is 12.1. The van der Waals surface area contributed by atoms with Gasteiger partial charge >= 0.3 is 0 Å².